The highest BCUT2D eigenvalue weighted by Crippen LogP contribution is 2.17. The van der Waals surface area contributed by atoms with Crippen LogP contribution >= 0.6 is 0 Å². The SMILES string of the molecule is CN(Cc1ccc(F)c(F)c1)C(=O)NCc1ccc(N2CCCCCC2)nc1. The van der Waals surface area contributed by atoms with Gasteiger partial charge >= 0.3 is 6.03 Å². The maximum absolute atomic E-state index is 13.3. The number of benzene rings is 1. The third-order valence-electron chi connectivity index (χ3n) is 4.93. The molecule has 0 aliphatic carbocycles. The molecule has 150 valence electrons. The van der Waals surface area contributed by atoms with Gasteiger partial charge < -0.3 is 15.1 Å². The molecule has 1 aromatic carbocycles. The van der Waals surface area contributed by atoms with Gasteiger partial charge in [0.2, 0.25) is 0 Å². The lowest BCUT2D eigenvalue weighted by Crippen LogP contribution is -2.36. The molecule has 1 aromatic heterocycles. The van der Waals surface area contributed by atoms with Crippen LogP contribution in [0.1, 0.15) is 36.8 Å². The van der Waals surface area contributed by atoms with E-state index in [1.54, 1.807) is 13.2 Å². The van der Waals surface area contributed by atoms with E-state index in [1.807, 2.05) is 12.1 Å². The fraction of sp³-hybridized carbons (Fsp3) is 0.429. The first kappa shape index (κ1) is 20.0. The largest absolute Gasteiger partial charge is 0.357 e. The van der Waals surface area contributed by atoms with Gasteiger partial charge in [-0.1, -0.05) is 25.0 Å². The zero-order valence-corrected chi connectivity index (χ0v) is 16.1. The van der Waals surface area contributed by atoms with Crippen molar-refractivity contribution in [3.8, 4) is 0 Å². The lowest BCUT2D eigenvalue weighted by Gasteiger charge is -2.21. The molecule has 7 heteroatoms. The van der Waals surface area contributed by atoms with Gasteiger partial charge in [0.05, 0.1) is 0 Å². The number of halogens is 2. The van der Waals surface area contributed by atoms with Crippen molar-refractivity contribution in [1.82, 2.24) is 15.2 Å². The third-order valence-corrected chi connectivity index (χ3v) is 4.93. The Hall–Kier alpha value is -2.70. The molecule has 1 fully saturated rings. The van der Waals surface area contributed by atoms with Gasteiger partial charge in [-0.25, -0.2) is 18.6 Å². The minimum atomic E-state index is -0.915. The number of hydrogen-bond donors (Lipinski definition) is 1. The molecule has 2 amide bonds. The summed E-state index contributed by atoms with van der Waals surface area (Å²) in [7, 11) is 1.61. The van der Waals surface area contributed by atoms with E-state index in [1.165, 1.54) is 36.6 Å². The van der Waals surface area contributed by atoms with E-state index < -0.39 is 11.6 Å². The summed E-state index contributed by atoms with van der Waals surface area (Å²) in [5.74, 6) is -0.832. The molecule has 0 bridgehead atoms. The van der Waals surface area contributed by atoms with Crippen molar-refractivity contribution in [2.24, 2.45) is 0 Å². The molecule has 1 N–H and O–H groups in total. The molecule has 0 spiro atoms. The highest BCUT2D eigenvalue weighted by atomic mass is 19.2. The monoisotopic (exact) mass is 388 g/mol. The van der Waals surface area contributed by atoms with E-state index in [9.17, 15) is 13.6 Å². The molecule has 1 aliphatic heterocycles. The normalized spacial score (nSPS) is 14.5. The Labute approximate surface area is 164 Å². The second kappa shape index (κ2) is 9.48. The molecule has 1 aliphatic rings. The summed E-state index contributed by atoms with van der Waals surface area (Å²) < 4.78 is 26.3. The summed E-state index contributed by atoms with van der Waals surface area (Å²) in [4.78, 5) is 20.5. The van der Waals surface area contributed by atoms with Gasteiger partial charge in [-0.2, -0.15) is 0 Å². The molecule has 0 radical (unpaired) electrons. The fourth-order valence-corrected chi connectivity index (χ4v) is 3.30. The molecular formula is C21H26F2N4O. The van der Waals surface area contributed by atoms with Crippen LogP contribution in [0.15, 0.2) is 36.5 Å². The topological polar surface area (TPSA) is 48.5 Å². The van der Waals surface area contributed by atoms with E-state index in [0.29, 0.717) is 12.1 Å². The molecule has 1 saturated heterocycles. The quantitative estimate of drug-likeness (QED) is 0.840. The summed E-state index contributed by atoms with van der Waals surface area (Å²) in [5.41, 5.74) is 1.44. The first-order valence-electron chi connectivity index (χ1n) is 9.66. The zero-order valence-electron chi connectivity index (χ0n) is 16.1. The van der Waals surface area contributed by atoms with Crippen LogP contribution in [0, 0.1) is 11.6 Å². The number of pyridine rings is 1. The second-order valence-corrected chi connectivity index (χ2v) is 7.19. The van der Waals surface area contributed by atoms with Gasteiger partial charge in [-0.15, -0.1) is 0 Å². The van der Waals surface area contributed by atoms with E-state index in [4.69, 9.17) is 0 Å². The minimum Gasteiger partial charge on any atom is -0.357 e. The molecule has 2 aromatic rings. The maximum atomic E-state index is 13.3. The van der Waals surface area contributed by atoms with Crippen LogP contribution in [0.4, 0.5) is 19.4 Å². The molecule has 0 saturated carbocycles. The van der Waals surface area contributed by atoms with Crippen LogP contribution < -0.4 is 10.2 Å². The Balaban J connectivity index is 1.50. The Kier molecular flexibility index (Phi) is 6.79. The lowest BCUT2D eigenvalue weighted by molar-refractivity contribution is 0.206. The van der Waals surface area contributed by atoms with Crippen LogP contribution in [0.2, 0.25) is 0 Å². The standard InChI is InChI=1S/C21H26F2N4O/c1-26(15-16-6-8-18(22)19(23)12-16)21(28)25-14-17-7-9-20(24-13-17)27-10-4-2-3-5-11-27/h6-9,12-13H,2-5,10-11,14-15H2,1H3,(H,25,28). The van der Waals surface area contributed by atoms with E-state index >= 15 is 0 Å². The molecule has 2 heterocycles. The van der Waals surface area contributed by atoms with Gasteiger partial charge in [0, 0.05) is 39.4 Å². The third kappa shape index (κ3) is 5.41. The minimum absolute atomic E-state index is 0.190. The predicted octanol–water partition coefficient (Wildman–Crippen LogP) is 4.08. The Bertz CT molecular complexity index is 789. The lowest BCUT2D eigenvalue weighted by atomic mass is 10.2. The second-order valence-electron chi connectivity index (χ2n) is 7.19. The highest BCUT2D eigenvalue weighted by Gasteiger charge is 2.12. The summed E-state index contributed by atoms with van der Waals surface area (Å²) in [6.45, 7) is 2.62. The maximum Gasteiger partial charge on any atom is 0.317 e. The number of nitrogens with one attached hydrogen (secondary N) is 1. The molecule has 3 rings (SSSR count). The predicted molar refractivity (Wildman–Crippen MR) is 105 cm³/mol. The number of hydrogen-bond acceptors (Lipinski definition) is 3. The van der Waals surface area contributed by atoms with Crippen molar-refractivity contribution in [1.29, 1.82) is 0 Å². The summed E-state index contributed by atoms with van der Waals surface area (Å²) >= 11 is 0. The van der Waals surface area contributed by atoms with Crippen molar-refractivity contribution in [2.75, 3.05) is 25.0 Å². The molecule has 28 heavy (non-hydrogen) atoms. The van der Waals surface area contributed by atoms with Crippen molar-refractivity contribution in [2.45, 2.75) is 38.8 Å². The highest BCUT2D eigenvalue weighted by molar-refractivity contribution is 5.73. The average molecular weight is 388 g/mol. The number of carbonyl (C=O) groups is 1. The first-order chi connectivity index (χ1) is 13.5. The van der Waals surface area contributed by atoms with Crippen LogP contribution in [-0.2, 0) is 13.1 Å². The van der Waals surface area contributed by atoms with Crippen LogP contribution in [0.3, 0.4) is 0 Å². The fourth-order valence-electron chi connectivity index (χ4n) is 3.30. The van der Waals surface area contributed by atoms with Gasteiger partial charge in [0.1, 0.15) is 5.82 Å². The molecule has 0 unspecified atom stereocenters. The van der Waals surface area contributed by atoms with Crippen molar-refractivity contribution >= 4 is 11.8 Å². The number of carbonyl (C=O) groups excluding carboxylic acids is 1. The molecule has 0 atom stereocenters. The Morgan fingerprint density at radius 3 is 2.43 bits per heavy atom. The Morgan fingerprint density at radius 1 is 1.07 bits per heavy atom. The van der Waals surface area contributed by atoms with Gasteiger partial charge in [0.25, 0.3) is 0 Å². The van der Waals surface area contributed by atoms with Crippen molar-refractivity contribution < 1.29 is 13.6 Å². The van der Waals surface area contributed by atoms with Crippen LogP contribution in [0.5, 0.6) is 0 Å². The summed E-state index contributed by atoms with van der Waals surface area (Å²) in [6, 6.07) is 7.31. The summed E-state index contributed by atoms with van der Waals surface area (Å²) in [5, 5.41) is 2.82. The smallest absolute Gasteiger partial charge is 0.317 e. The number of aromatic nitrogens is 1. The number of urea groups is 1. The van der Waals surface area contributed by atoms with E-state index in [-0.39, 0.29) is 12.6 Å². The van der Waals surface area contributed by atoms with Gasteiger partial charge in [-0.05, 0) is 42.2 Å². The van der Waals surface area contributed by atoms with Gasteiger partial charge in [-0.3, -0.25) is 0 Å². The summed E-state index contributed by atoms with van der Waals surface area (Å²) in [6.07, 6.45) is 6.74. The average Bonchev–Trinajstić information content (AvgIpc) is 2.99. The number of amides is 2. The number of rotatable bonds is 5. The van der Waals surface area contributed by atoms with Crippen LogP contribution in [0.25, 0.3) is 0 Å². The first-order valence-corrected chi connectivity index (χ1v) is 9.66. The van der Waals surface area contributed by atoms with Crippen LogP contribution in [-0.4, -0.2) is 36.1 Å². The number of anilines is 1. The van der Waals surface area contributed by atoms with Crippen molar-refractivity contribution in [3.63, 3.8) is 0 Å². The van der Waals surface area contributed by atoms with E-state index in [2.05, 4.69) is 15.2 Å². The van der Waals surface area contributed by atoms with Gasteiger partial charge in [0.15, 0.2) is 11.6 Å². The Morgan fingerprint density at radius 2 is 1.79 bits per heavy atom. The van der Waals surface area contributed by atoms with Crippen molar-refractivity contribution in [3.05, 3.63) is 59.3 Å². The number of nitrogens with zero attached hydrogens (tertiary/aromatic N) is 3. The van der Waals surface area contributed by atoms with E-state index in [0.717, 1.165) is 36.6 Å². The molecule has 5 nitrogen and oxygen atoms in total. The molecular weight excluding hydrogens is 362 g/mol. The zero-order chi connectivity index (χ0) is 19.9.